The molecule has 2 rings (SSSR count). The summed E-state index contributed by atoms with van der Waals surface area (Å²) >= 11 is 11.9. The van der Waals surface area contributed by atoms with Crippen LogP contribution in [-0.4, -0.2) is 24.6 Å². The number of carbonyl (C=O) groups is 2. The van der Waals surface area contributed by atoms with Gasteiger partial charge in [0.05, 0.1) is 28.6 Å². The number of nitrogens with one attached hydrogen (secondary N) is 2. The molecule has 0 heterocycles. The fourth-order valence-electron chi connectivity index (χ4n) is 1.86. The van der Waals surface area contributed by atoms with Crippen molar-refractivity contribution in [2.24, 2.45) is 5.10 Å². The number of hydrazone groups is 1. The van der Waals surface area contributed by atoms with Gasteiger partial charge in [-0.25, -0.2) is 5.43 Å². The van der Waals surface area contributed by atoms with E-state index in [0.717, 1.165) is 0 Å². The molecular formula is C17H15Cl2N3O3. The van der Waals surface area contributed by atoms with Crippen LogP contribution in [-0.2, 0) is 9.59 Å². The Hall–Kier alpha value is -2.57. The number of nitrogens with zero attached hydrogens (tertiary/aromatic N) is 1. The Morgan fingerprint density at radius 2 is 1.88 bits per heavy atom. The van der Waals surface area contributed by atoms with Crippen LogP contribution >= 0.6 is 23.2 Å². The molecule has 0 spiro atoms. The van der Waals surface area contributed by atoms with Crippen LogP contribution in [0.1, 0.15) is 12.5 Å². The fourth-order valence-corrected chi connectivity index (χ4v) is 2.22. The summed E-state index contributed by atoms with van der Waals surface area (Å²) < 4.78 is 5.38. The summed E-state index contributed by atoms with van der Waals surface area (Å²) in [7, 11) is 0. The van der Waals surface area contributed by atoms with Crippen LogP contribution in [0.15, 0.2) is 47.6 Å². The molecule has 0 saturated heterocycles. The number of ether oxygens (including phenoxy) is 1. The predicted molar refractivity (Wildman–Crippen MR) is 98.4 cm³/mol. The van der Waals surface area contributed by atoms with Crippen molar-refractivity contribution >= 4 is 46.9 Å². The highest BCUT2D eigenvalue weighted by Crippen LogP contribution is 2.24. The number of halogens is 2. The van der Waals surface area contributed by atoms with E-state index in [9.17, 15) is 9.59 Å². The highest BCUT2D eigenvalue weighted by atomic mass is 35.5. The van der Waals surface area contributed by atoms with Gasteiger partial charge in [0.15, 0.2) is 0 Å². The zero-order valence-corrected chi connectivity index (χ0v) is 14.8. The Balaban J connectivity index is 1.98. The molecule has 25 heavy (non-hydrogen) atoms. The van der Waals surface area contributed by atoms with Gasteiger partial charge in [0.2, 0.25) is 0 Å². The number of rotatable bonds is 5. The summed E-state index contributed by atoms with van der Waals surface area (Å²) in [6.45, 7) is 2.25. The maximum Gasteiger partial charge on any atom is 0.329 e. The average Bonchev–Trinajstić information content (AvgIpc) is 2.60. The number of para-hydroxylation sites is 2. The van der Waals surface area contributed by atoms with Gasteiger partial charge in [-0.05, 0) is 25.1 Å². The second-order valence-electron chi connectivity index (χ2n) is 4.73. The lowest BCUT2D eigenvalue weighted by Gasteiger charge is -2.10. The van der Waals surface area contributed by atoms with Gasteiger partial charge in [-0.3, -0.25) is 9.59 Å². The third kappa shape index (κ3) is 5.20. The Kier molecular flexibility index (Phi) is 6.80. The standard InChI is InChI=1S/C17H15Cl2N3O3/c1-2-25-14-9-4-3-8-13(14)21-16(23)17(24)22-20-10-11-6-5-7-12(18)15(11)19/h3-10H,2H2,1H3,(H,21,23)(H,22,24)/b20-10-. The van der Waals surface area contributed by atoms with Gasteiger partial charge >= 0.3 is 11.8 Å². The summed E-state index contributed by atoms with van der Waals surface area (Å²) in [5.74, 6) is -1.33. The lowest BCUT2D eigenvalue weighted by molar-refractivity contribution is -0.136. The number of benzene rings is 2. The van der Waals surface area contributed by atoms with Gasteiger partial charge in [0.1, 0.15) is 5.75 Å². The molecule has 0 aliphatic rings. The molecule has 0 radical (unpaired) electrons. The molecule has 0 bridgehead atoms. The normalized spacial score (nSPS) is 10.5. The number of hydrogen-bond donors (Lipinski definition) is 2. The SMILES string of the molecule is CCOc1ccccc1NC(=O)C(=O)N/N=C\c1cccc(Cl)c1Cl. The first-order valence-electron chi connectivity index (χ1n) is 7.33. The van der Waals surface area contributed by atoms with E-state index in [4.69, 9.17) is 27.9 Å². The summed E-state index contributed by atoms with van der Waals surface area (Å²) in [6, 6.07) is 11.8. The van der Waals surface area contributed by atoms with E-state index in [1.807, 2.05) is 6.92 Å². The summed E-state index contributed by atoms with van der Waals surface area (Å²) in [6.07, 6.45) is 1.30. The first kappa shape index (κ1) is 18.8. The largest absolute Gasteiger partial charge is 0.492 e. The first-order valence-corrected chi connectivity index (χ1v) is 8.08. The Morgan fingerprint density at radius 1 is 1.12 bits per heavy atom. The molecule has 2 amide bonds. The zero-order chi connectivity index (χ0) is 18.2. The van der Waals surface area contributed by atoms with Crippen molar-refractivity contribution in [2.75, 3.05) is 11.9 Å². The quantitative estimate of drug-likeness (QED) is 0.474. The van der Waals surface area contributed by atoms with Crippen molar-refractivity contribution in [3.63, 3.8) is 0 Å². The second kappa shape index (κ2) is 9.05. The summed E-state index contributed by atoms with van der Waals surface area (Å²) in [5, 5.41) is 6.84. The van der Waals surface area contributed by atoms with Crippen molar-refractivity contribution < 1.29 is 14.3 Å². The molecule has 0 aliphatic heterocycles. The van der Waals surface area contributed by atoms with Crippen molar-refractivity contribution in [3.8, 4) is 5.75 Å². The molecule has 2 N–H and O–H groups in total. The van der Waals surface area contributed by atoms with Crippen LogP contribution in [0.3, 0.4) is 0 Å². The molecule has 2 aromatic rings. The van der Waals surface area contributed by atoms with Gasteiger partial charge in [-0.1, -0.05) is 47.5 Å². The van der Waals surface area contributed by atoms with Crippen molar-refractivity contribution in [2.45, 2.75) is 6.92 Å². The third-order valence-corrected chi connectivity index (χ3v) is 3.83. The number of amides is 2. The van der Waals surface area contributed by atoms with Gasteiger partial charge in [0, 0.05) is 5.56 Å². The van der Waals surface area contributed by atoms with E-state index in [1.54, 1.807) is 42.5 Å². The minimum absolute atomic E-state index is 0.303. The molecule has 0 unspecified atom stereocenters. The summed E-state index contributed by atoms with van der Waals surface area (Å²) in [5.41, 5.74) is 3.03. The van der Waals surface area contributed by atoms with E-state index in [1.165, 1.54) is 6.21 Å². The van der Waals surface area contributed by atoms with Gasteiger partial charge < -0.3 is 10.1 Å². The number of anilines is 1. The van der Waals surface area contributed by atoms with Crippen molar-refractivity contribution in [3.05, 3.63) is 58.1 Å². The molecule has 0 aromatic heterocycles. The topological polar surface area (TPSA) is 79.8 Å². The van der Waals surface area contributed by atoms with Crippen molar-refractivity contribution in [1.82, 2.24) is 5.43 Å². The first-order chi connectivity index (χ1) is 12.0. The molecule has 8 heteroatoms. The second-order valence-corrected chi connectivity index (χ2v) is 5.51. The highest BCUT2D eigenvalue weighted by Gasteiger charge is 2.15. The van der Waals surface area contributed by atoms with Gasteiger partial charge in [-0.15, -0.1) is 0 Å². The van der Waals surface area contributed by atoms with E-state index in [2.05, 4.69) is 15.8 Å². The number of carbonyl (C=O) groups excluding carboxylic acids is 2. The van der Waals surface area contributed by atoms with Crippen LogP contribution in [0.5, 0.6) is 5.75 Å². The molecule has 6 nitrogen and oxygen atoms in total. The maximum absolute atomic E-state index is 11.9. The van der Waals surface area contributed by atoms with Crippen molar-refractivity contribution in [1.29, 1.82) is 0 Å². The predicted octanol–water partition coefficient (Wildman–Crippen LogP) is 3.48. The van der Waals surface area contributed by atoms with Crippen LogP contribution in [0.2, 0.25) is 10.0 Å². The smallest absolute Gasteiger partial charge is 0.329 e. The lowest BCUT2D eigenvalue weighted by atomic mass is 10.2. The van der Waals surface area contributed by atoms with Gasteiger partial charge in [0.25, 0.3) is 0 Å². The maximum atomic E-state index is 11.9. The fraction of sp³-hybridized carbons (Fsp3) is 0.118. The molecule has 2 aromatic carbocycles. The third-order valence-electron chi connectivity index (χ3n) is 2.99. The van der Waals surface area contributed by atoms with Crippen LogP contribution in [0.4, 0.5) is 5.69 Å². The van der Waals surface area contributed by atoms with Crippen LogP contribution in [0.25, 0.3) is 0 Å². The van der Waals surface area contributed by atoms with Crippen LogP contribution < -0.4 is 15.5 Å². The Bertz CT molecular complexity index is 809. The minimum atomic E-state index is -0.930. The van der Waals surface area contributed by atoms with E-state index < -0.39 is 11.8 Å². The van der Waals surface area contributed by atoms with Gasteiger partial charge in [-0.2, -0.15) is 5.10 Å². The Morgan fingerprint density at radius 3 is 2.64 bits per heavy atom. The number of hydrogen-bond acceptors (Lipinski definition) is 4. The van der Waals surface area contributed by atoms with Crippen LogP contribution in [0, 0.1) is 0 Å². The molecule has 0 aliphatic carbocycles. The average molecular weight is 380 g/mol. The van der Waals surface area contributed by atoms with E-state index in [-0.39, 0.29) is 0 Å². The van der Waals surface area contributed by atoms with E-state index in [0.29, 0.717) is 33.7 Å². The molecular weight excluding hydrogens is 365 g/mol. The minimum Gasteiger partial charge on any atom is -0.492 e. The molecule has 130 valence electrons. The van der Waals surface area contributed by atoms with E-state index >= 15 is 0 Å². The molecule has 0 saturated carbocycles. The summed E-state index contributed by atoms with van der Waals surface area (Å²) in [4.78, 5) is 23.8. The monoisotopic (exact) mass is 379 g/mol. The lowest BCUT2D eigenvalue weighted by Crippen LogP contribution is -2.32. The molecule has 0 atom stereocenters. The highest BCUT2D eigenvalue weighted by molar-refractivity contribution is 6.43. The zero-order valence-electron chi connectivity index (χ0n) is 13.3. The Labute approximate surface area is 154 Å². The molecule has 0 fully saturated rings.